The molecule has 5 heteroatoms. The fraction of sp³-hybridized carbons (Fsp3) is 0.125. The highest BCUT2D eigenvalue weighted by Gasteiger charge is 2.04. The van der Waals surface area contributed by atoms with E-state index < -0.39 is 0 Å². The van der Waals surface area contributed by atoms with Gasteiger partial charge >= 0.3 is 0 Å². The predicted octanol–water partition coefficient (Wildman–Crippen LogP) is 4.55. The number of rotatable bonds is 4. The van der Waals surface area contributed by atoms with Gasteiger partial charge in [0.15, 0.2) is 0 Å². The lowest BCUT2D eigenvalue weighted by atomic mass is 10.1. The topological polar surface area (TPSA) is 53.1 Å². The van der Waals surface area contributed by atoms with Crippen molar-refractivity contribution >= 4 is 38.6 Å². The van der Waals surface area contributed by atoms with E-state index >= 15 is 0 Å². The van der Waals surface area contributed by atoms with Gasteiger partial charge in [-0.15, -0.1) is 0 Å². The summed E-state index contributed by atoms with van der Waals surface area (Å²) in [6.45, 7) is 2.08. The molecule has 0 bridgehead atoms. The molecule has 4 nitrogen and oxygen atoms in total. The van der Waals surface area contributed by atoms with E-state index in [-0.39, 0.29) is 0 Å². The van der Waals surface area contributed by atoms with Crippen LogP contribution in [0.3, 0.4) is 0 Å². The number of aromatic amines is 1. The van der Waals surface area contributed by atoms with Crippen LogP contribution in [-0.2, 0) is 0 Å². The number of hydrogen-bond donors (Lipinski definition) is 2. The van der Waals surface area contributed by atoms with Gasteiger partial charge in [-0.3, -0.25) is 0 Å². The zero-order valence-corrected chi connectivity index (χ0v) is 13.2. The Labute approximate surface area is 131 Å². The fourth-order valence-corrected chi connectivity index (χ4v) is 2.54. The lowest BCUT2D eigenvalue weighted by molar-refractivity contribution is 1.17. The molecule has 2 N–H and O–H groups in total. The molecule has 21 heavy (non-hydrogen) atoms. The maximum absolute atomic E-state index is 4.47. The van der Waals surface area contributed by atoms with E-state index in [1.54, 1.807) is 0 Å². The second-order valence-corrected chi connectivity index (χ2v) is 5.55. The number of para-hydroxylation sites is 2. The van der Waals surface area contributed by atoms with Crippen LogP contribution in [0.15, 0.2) is 58.1 Å². The van der Waals surface area contributed by atoms with Crippen LogP contribution in [0.4, 0.5) is 5.95 Å². The van der Waals surface area contributed by atoms with Gasteiger partial charge in [0.2, 0.25) is 5.95 Å². The molecule has 0 aliphatic carbocycles. The summed E-state index contributed by atoms with van der Waals surface area (Å²) in [5.41, 5.74) is 7.01. The number of halogens is 1. The first-order chi connectivity index (χ1) is 10.3. The molecule has 0 radical (unpaired) electrons. The lowest BCUT2D eigenvalue weighted by Crippen LogP contribution is -2.03. The summed E-state index contributed by atoms with van der Waals surface area (Å²) in [5, 5.41) is 4.47. The van der Waals surface area contributed by atoms with Crippen molar-refractivity contribution in [3.8, 4) is 0 Å². The van der Waals surface area contributed by atoms with Crippen molar-refractivity contribution in [2.75, 3.05) is 5.43 Å². The predicted molar refractivity (Wildman–Crippen MR) is 90.7 cm³/mol. The van der Waals surface area contributed by atoms with E-state index in [0.717, 1.165) is 33.2 Å². The number of anilines is 1. The van der Waals surface area contributed by atoms with Crippen molar-refractivity contribution in [1.82, 2.24) is 9.97 Å². The zero-order chi connectivity index (χ0) is 14.7. The Morgan fingerprint density at radius 1 is 1.24 bits per heavy atom. The number of nitrogens with zero attached hydrogens (tertiary/aromatic N) is 2. The van der Waals surface area contributed by atoms with E-state index in [4.69, 9.17) is 0 Å². The molecule has 2 aromatic carbocycles. The maximum Gasteiger partial charge on any atom is 0.222 e. The molecule has 0 atom stereocenters. The van der Waals surface area contributed by atoms with Gasteiger partial charge < -0.3 is 4.98 Å². The van der Waals surface area contributed by atoms with Crippen LogP contribution >= 0.6 is 15.9 Å². The molecule has 0 saturated carbocycles. The summed E-state index contributed by atoms with van der Waals surface area (Å²) in [7, 11) is 0. The van der Waals surface area contributed by atoms with E-state index in [9.17, 15) is 0 Å². The first kappa shape index (κ1) is 13.8. The van der Waals surface area contributed by atoms with Gasteiger partial charge in [-0.05, 0) is 36.2 Å². The molecule has 1 aromatic heterocycles. The molecule has 106 valence electrons. The molecule has 0 amide bonds. The van der Waals surface area contributed by atoms with Crippen LogP contribution in [0.5, 0.6) is 0 Å². The van der Waals surface area contributed by atoms with Crippen LogP contribution in [-0.4, -0.2) is 15.7 Å². The maximum atomic E-state index is 4.47. The first-order valence-electron chi connectivity index (χ1n) is 6.79. The molecule has 0 spiro atoms. The van der Waals surface area contributed by atoms with Crippen molar-refractivity contribution in [3.63, 3.8) is 0 Å². The average Bonchev–Trinajstić information content (AvgIpc) is 2.91. The Balaban J connectivity index is 1.85. The summed E-state index contributed by atoms with van der Waals surface area (Å²) in [6, 6.07) is 16.0. The molecule has 0 fully saturated rings. The van der Waals surface area contributed by atoms with E-state index in [1.807, 2.05) is 42.5 Å². The van der Waals surface area contributed by atoms with E-state index in [1.165, 1.54) is 0 Å². The van der Waals surface area contributed by atoms with Crippen LogP contribution in [0, 0.1) is 0 Å². The van der Waals surface area contributed by atoms with Gasteiger partial charge in [-0.1, -0.05) is 47.1 Å². The molecule has 3 aromatic rings. The number of fused-ring (bicyclic) bond motifs is 1. The first-order valence-corrected chi connectivity index (χ1v) is 7.59. The SMILES string of the molecule is CC/C(=N\Nc1nc2ccccc2[nH]1)c1cccc(Br)c1. The van der Waals surface area contributed by atoms with Gasteiger partial charge in [0, 0.05) is 4.47 Å². The van der Waals surface area contributed by atoms with Crippen molar-refractivity contribution in [3.05, 3.63) is 58.6 Å². The van der Waals surface area contributed by atoms with Crippen LogP contribution in [0.1, 0.15) is 18.9 Å². The van der Waals surface area contributed by atoms with E-state index in [0.29, 0.717) is 5.95 Å². The van der Waals surface area contributed by atoms with Gasteiger partial charge in [0.05, 0.1) is 16.7 Å². The highest BCUT2D eigenvalue weighted by Crippen LogP contribution is 2.15. The summed E-state index contributed by atoms with van der Waals surface area (Å²) < 4.78 is 1.05. The second kappa shape index (κ2) is 6.10. The number of hydrazone groups is 1. The Morgan fingerprint density at radius 3 is 2.86 bits per heavy atom. The summed E-state index contributed by atoms with van der Waals surface area (Å²) in [4.78, 5) is 7.65. The lowest BCUT2D eigenvalue weighted by Gasteiger charge is -2.04. The van der Waals surface area contributed by atoms with Crippen LogP contribution < -0.4 is 5.43 Å². The van der Waals surface area contributed by atoms with Crippen molar-refractivity contribution in [2.45, 2.75) is 13.3 Å². The Morgan fingerprint density at radius 2 is 2.10 bits per heavy atom. The Hall–Kier alpha value is -2.14. The number of imidazole rings is 1. The summed E-state index contributed by atoms with van der Waals surface area (Å²) >= 11 is 3.49. The number of aromatic nitrogens is 2. The minimum absolute atomic E-state index is 0.650. The minimum Gasteiger partial charge on any atom is -0.323 e. The minimum atomic E-state index is 0.650. The fourth-order valence-electron chi connectivity index (χ4n) is 2.14. The summed E-state index contributed by atoms with van der Waals surface area (Å²) in [6.07, 6.45) is 0.837. The number of benzene rings is 2. The Kier molecular flexibility index (Phi) is 4.01. The molecular formula is C16H15BrN4. The smallest absolute Gasteiger partial charge is 0.222 e. The third kappa shape index (κ3) is 3.13. The van der Waals surface area contributed by atoms with Gasteiger partial charge in [0.25, 0.3) is 0 Å². The largest absolute Gasteiger partial charge is 0.323 e. The highest BCUT2D eigenvalue weighted by atomic mass is 79.9. The third-order valence-electron chi connectivity index (χ3n) is 3.18. The Bertz CT molecular complexity index is 759. The molecule has 1 heterocycles. The number of H-pyrrole nitrogens is 1. The average molecular weight is 343 g/mol. The van der Waals surface area contributed by atoms with Gasteiger partial charge in [-0.2, -0.15) is 5.10 Å². The molecule has 0 saturated heterocycles. The molecular weight excluding hydrogens is 328 g/mol. The molecule has 3 rings (SSSR count). The highest BCUT2D eigenvalue weighted by molar-refractivity contribution is 9.10. The van der Waals surface area contributed by atoms with Gasteiger partial charge in [0.1, 0.15) is 0 Å². The third-order valence-corrected chi connectivity index (χ3v) is 3.67. The number of nitrogens with one attached hydrogen (secondary N) is 2. The quantitative estimate of drug-likeness (QED) is 0.539. The summed E-state index contributed by atoms with van der Waals surface area (Å²) in [5.74, 6) is 0.650. The normalized spacial score (nSPS) is 11.8. The van der Waals surface area contributed by atoms with Crippen LogP contribution in [0.2, 0.25) is 0 Å². The molecule has 0 aliphatic heterocycles. The van der Waals surface area contributed by atoms with Crippen LogP contribution in [0.25, 0.3) is 11.0 Å². The van der Waals surface area contributed by atoms with E-state index in [2.05, 4.69) is 49.4 Å². The van der Waals surface area contributed by atoms with Crippen molar-refractivity contribution in [1.29, 1.82) is 0 Å². The monoisotopic (exact) mass is 342 g/mol. The van der Waals surface area contributed by atoms with Gasteiger partial charge in [-0.25, -0.2) is 10.4 Å². The standard InChI is InChI=1S/C16H15BrN4/c1-2-13(11-6-5-7-12(17)10-11)20-21-16-18-14-8-3-4-9-15(14)19-16/h3-10H,2H2,1H3,(H2,18,19,21)/b20-13+. The zero-order valence-electron chi connectivity index (χ0n) is 11.6. The molecule has 0 unspecified atom stereocenters. The van der Waals surface area contributed by atoms with Crippen molar-refractivity contribution < 1.29 is 0 Å². The van der Waals surface area contributed by atoms with Crippen molar-refractivity contribution in [2.24, 2.45) is 5.10 Å². The molecule has 0 aliphatic rings. The number of hydrogen-bond acceptors (Lipinski definition) is 3. The second-order valence-electron chi connectivity index (χ2n) is 4.64.